The van der Waals surface area contributed by atoms with Crippen molar-refractivity contribution in [1.82, 2.24) is 14.7 Å². The van der Waals surface area contributed by atoms with Gasteiger partial charge in [-0.2, -0.15) is 10.4 Å². The quantitative estimate of drug-likeness (QED) is 0.659. The molecule has 0 saturated carbocycles. The number of nitriles is 1. The molecule has 0 amide bonds. The Morgan fingerprint density at radius 1 is 1.14 bits per heavy atom. The summed E-state index contributed by atoms with van der Waals surface area (Å²) >= 11 is 0. The molecular weight excluding hydrogens is 362 g/mol. The van der Waals surface area contributed by atoms with Gasteiger partial charge in [0.15, 0.2) is 6.19 Å². The Kier molecular flexibility index (Phi) is 5.13. The summed E-state index contributed by atoms with van der Waals surface area (Å²) in [5.74, 6) is 2.27. The van der Waals surface area contributed by atoms with Gasteiger partial charge < -0.3 is 15.4 Å². The zero-order chi connectivity index (χ0) is 20.4. The van der Waals surface area contributed by atoms with Crippen LogP contribution in [0.2, 0.25) is 0 Å². The number of likely N-dealkylation sites (tertiary alicyclic amines) is 1. The molecule has 6 heteroatoms. The molecule has 148 valence electrons. The van der Waals surface area contributed by atoms with E-state index in [4.69, 9.17) is 15.6 Å². The van der Waals surface area contributed by atoms with Crippen LogP contribution in [0.15, 0.2) is 48.5 Å². The number of hydrogen-bond donors (Lipinski definition) is 1. The van der Waals surface area contributed by atoms with Crippen LogP contribution in [0.3, 0.4) is 0 Å². The number of ether oxygens (including phenoxy) is 1. The lowest BCUT2D eigenvalue weighted by Crippen LogP contribution is -2.34. The number of nitrogens with zero attached hydrogens (tertiary/aromatic N) is 4. The van der Waals surface area contributed by atoms with Gasteiger partial charge in [0.2, 0.25) is 0 Å². The Labute approximate surface area is 171 Å². The summed E-state index contributed by atoms with van der Waals surface area (Å²) in [7, 11) is 0. The molecule has 1 aliphatic rings. The largest absolute Gasteiger partial charge is 0.457 e. The van der Waals surface area contributed by atoms with Gasteiger partial charge in [-0.3, -0.25) is 0 Å². The van der Waals surface area contributed by atoms with E-state index in [-0.39, 0.29) is 6.04 Å². The Bertz CT molecular complexity index is 1050. The highest BCUT2D eigenvalue weighted by atomic mass is 16.5. The van der Waals surface area contributed by atoms with Gasteiger partial charge >= 0.3 is 0 Å². The lowest BCUT2D eigenvalue weighted by Gasteiger charge is -2.29. The zero-order valence-electron chi connectivity index (χ0n) is 16.8. The topological polar surface area (TPSA) is 80.1 Å². The van der Waals surface area contributed by atoms with Crippen molar-refractivity contribution < 1.29 is 4.74 Å². The van der Waals surface area contributed by atoms with Gasteiger partial charge in [-0.15, -0.1) is 0 Å². The van der Waals surface area contributed by atoms with Crippen molar-refractivity contribution in [2.75, 3.05) is 18.8 Å². The molecule has 0 spiro atoms. The average molecular weight is 387 g/mol. The van der Waals surface area contributed by atoms with Gasteiger partial charge in [-0.05, 0) is 62.6 Å². The maximum absolute atomic E-state index is 9.17. The molecular formula is C23H25N5O. The summed E-state index contributed by atoms with van der Waals surface area (Å²) in [6, 6.07) is 16.1. The van der Waals surface area contributed by atoms with Crippen LogP contribution in [-0.2, 0) is 0 Å². The molecule has 1 fully saturated rings. The predicted molar refractivity (Wildman–Crippen MR) is 114 cm³/mol. The van der Waals surface area contributed by atoms with Gasteiger partial charge in [0.25, 0.3) is 0 Å². The number of anilines is 1. The van der Waals surface area contributed by atoms with Gasteiger partial charge in [-0.1, -0.05) is 17.7 Å². The summed E-state index contributed by atoms with van der Waals surface area (Å²) in [4.78, 5) is 1.77. The standard InChI is InChI=1S/C23H25N5O/c1-16-5-10-22(17(2)12-16)29-20-8-6-18(7-9-20)21-13-23(25)28(26-21)19-4-3-11-27(14-19)15-24/h5-10,12-13,19H,3-4,11,14,25H2,1-2H3. The van der Waals surface area contributed by atoms with E-state index >= 15 is 0 Å². The monoisotopic (exact) mass is 387 g/mol. The normalized spacial score (nSPS) is 16.4. The van der Waals surface area contributed by atoms with E-state index in [9.17, 15) is 5.26 Å². The third-order valence-electron chi connectivity index (χ3n) is 5.36. The maximum Gasteiger partial charge on any atom is 0.179 e. The van der Waals surface area contributed by atoms with E-state index in [2.05, 4.69) is 19.2 Å². The number of aromatic nitrogens is 2. The van der Waals surface area contributed by atoms with Crippen molar-refractivity contribution in [2.45, 2.75) is 32.7 Å². The van der Waals surface area contributed by atoms with E-state index in [1.807, 2.05) is 54.1 Å². The van der Waals surface area contributed by atoms with Gasteiger partial charge in [0.05, 0.1) is 18.3 Å². The molecule has 6 nitrogen and oxygen atoms in total. The first-order valence-electron chi connectivity index (χ1n) is 9.89. The summed E-state index contributed by atoms with van der Waals surface area (Å²) in [6.07, 6.45) is 4.18. The van der Waals surface area contributed by atoms with Crippen LogP contribution in [0.5, 0.6) is 11.5 Å². The Balaban J connectivity index is 1.51. The van der Waals surface area contributed by atoms with E-state index in [1.165, 1.54) is 5.56 Å². The molecule has 0 aliphatic carbocycles. The number of rotatable bonds is 4. The molecule has 0 bridgehead atoms. The minimum Gasteiger partial charge on any atom is -0.457 e. The summed E-state index contributed by atoms with van der Waals surface area (Å²) in [6.45, 7) is 5.58. The molecule has 29 heavy (non-hydrogen) atoms. The highest BCUT2D eigenvalue weighted by molar-refractivity contribution is 5.63. The first-order chi connectivity index (χ1) is 14.0. The van der Waals surface area contributed by atoms with Crippen molar-refractivity contribution in [1.29, 1.82) is 5.26 Å². The molecule has 2 N–H and O–H groups in total. The van der Waals surface area contributed by atoms with Crippen LogP contribution in [0.1, 0.15) is 30.0 Å². The second kappa shape index (κ2) is 7.88. The first-order valence-corrected chi connectivity index (χ1v) is 9.89. The fraction of sp³-hybridized carbons (Fsp3) is 0.304. The second-order valence-corrected chi connectivity index (χ2v) is 7.64. The SMILES string of the molecule is Cc1ccc(Oc2ccc(-c3cc(N)n(C4CCCN(C#N)C4)n3)cc2)c(C)c1. The molecule has 1 unspecified atom stereocenters. The highest BCUT2D eigenvalue weighted by Gasteiger charge is 2.23. The molecule has 3 aromatic rings. The minimum atomic E-state index is 0.129. The summed E-state index contributed by atoms with van der Waals surface area (Å²) in [5, 5.41) is 13.9. The third-order valence-corrected chi connectivity index (χ3v) is 5.36. The first kappa shape index (κ1) is 18.9. The third kappa shape index (κ3) is 4.04. The van der Waals surface area contributed by atoms with Crippen LogP contribution in [0.25, 0.3) is 11.3 Å². The highest BCUT2D eigenvalue weighted by Crippen LogP contribution is 2.30. The van der Waals surface area contributed by atoms with E-state index in [0.717, 1.165) is 47.7 Å². The van der Waals surface area contributed by atoms with Crippen LogP contribution < -0.4 is 10.5 Å². The lowest BCUT2D eigenvalue weighted by molar-refractivity contribution is 0.235. The van der Waals surface area contributed by atoms with Gasteiger partial charge in [0, 0.05) is 18.2 Å². The van der Waals surface area contributed by atoms with Crippen molar-refractivity contribution in [3.8, 4) is 28.9 Å². The Hall–Kier alpha value is -3.46. The molecule has 1 saturated heterocycles. The molecule has 2 aromatic carbocycles. The number of benzene rings is 2. The summed E-state index contributed by atoms with van der Waals surface area (Å²) in [5.41, 5.74) is 10.4. The molecule has 1 aliphatic heterocycles. The number of nitrogens with two attached hydrogens (primary N) is 1. The van der Waals surface area contributed by atoms with Crippen LogP contribution in [-0.4, -0.2) is 27.8 Å². The van der Waals surface area contributed by atoms with E-state index < -0.39 is 0 Å². The molecule has 1 atom stereocenters. The fourth-order valence-electron chi connectivity index (χ4n) is 3.82. The fourth-order valence-corrected chi connectivity index (χ4v) is 3.82. The predicted octanol–water partition coefficient (Wildman–Crippen LogP) is 4.66. The van der Waals surface area contributed by atoms with Crippen molar-refractivity contribution in [3.63, 3.8) is 0 Å². The molecule has 1 aromatic heterocycles. The van der Waals surface area contributed by atoms with Crippen molar-refractivity contribution in [2.24, 2.45) is 0 Å². The Morgan fingerprint density at radius 3 is 2.66 bits per heavy atom. The summed E-state index contributed by atoms with van der Waals surface area (Å²) < 4.78 is 7.88. The van der Waals surface area contributed by atoms with Crippen LogP contribution in [0, 0.1) is 25.3 Å². The smallest absolute Gasteiger partial charge is 0.179 e. The molecule has 2 heterocycles. The Morgan fingerprint density at radius 2 is 1.93 bits per heavy atom. The second-order valence-electron chi connectivity index (χ2n) is 7.64. The number of piperidine rings is 1. The van der Waals surface area contributed by atoms with Gasteiger partial charge in [0.1, 0.15) is 17.3 Å². The maximum atomic E-state index is 9.17. The zero-order valence-corrected chi connectivity index (χ0v) is 16.8. The van der Waals surface area contributed by atoms with E-state index in [0.29, 0.717) is 12.4 Å². The van der Waals surface area contributed by atoms with Crippen LogP contribution >= 0.6 is 0 Å². The molecule has 0 radical (unpaired) electrons. The number of aryl methyl sites for hydroxylation is 2. The average Bonchev–Trinajstić information content (AvgIpc) is 3.12. The lowest BCUT2D eigenvalue weighted by atomic mass is 10.1. The minimum absolute atomic E-state index is 0.129. The molecule has 4 rings (SSSR count). The van der Waals surface area contributed by atoms with Crippen LogP contribution in [0.4, 0.5) is 5.82 Å². The van der Waals surface area contributed by atoms with E-state index in [1.54, 1.807) is 4.90 Å². The van der Waals surface area contributed by atoms with Crippen molar-refractivity contribution >= 4 is 5.82 Å². The van der Waals surface area contributed by atoms with Crippen molar-refractivity contribution in [3.05, 3.63) is 59.7 Å². The number of nitrogen functional groups attached to an aromatic ring is 1. The number of hydrogen-bond acceptors (Lipinski definition) is 5. The van der Waals surface area contributed by atoms with Gasteiger partial charge in [-0.25, -0.2) is 4.68 Å².